The molecule has 0 radical (unpaired) electrons. The zero-order valence-corrected chi connectivity index (χ0v) is 10.4. The van der Waals surface area contributed by atoms with Crippen molar-refractivity contribution in [2.45, 2.75) is 53.2 Å². The molecule has 1 unspecified atom stereocenters. The Kier molecular flexibility index (Phi) is 3.44. The minimum atomic E-state index is -0.337. The number of likely N-dealkylation sites (tertiary alicyclic amines) is 1. The van der Waals surface area contributed by atoms with Gasteiger partial charge < -0.3 is 10.0 Å². The fourth-order valence-electron chi connectivity index (χ4n) is 1.93. The molecule has 0 saturated carbocycles. The normalized spacial score (nSPS) is 29.3. The van der Waals surface area contributed by atoms with Crippen LogP contribution in [-0.4, -0.2) is 34.6 Å². The molecule has 1 rings (SSSR count). The van der Waals surface area contributed by atoms with Crippen molar-refractivity contribution in [2.24, 2.45) is 11.3 Å². The van der Waals surface area contributed by atoms with Crippen LogP contribution in [0, 0.1) is 11.3 Å². The summed E-state index contributed by atoms with van der Waals surface area (Å²) in [4.78, 5) is 14.0. The van der Waals surface area contributed by atoms with Gasteiger partial charge in [-0.1, -0.05) is 27.7 Å². The molecule has 3 atom stereocenters. The highest BCUT2D eigenvalue weighted by molar-refractivity contribution is 5.79. The lowest BCUT2D eigenvalue weighted by atomic mass is 9.81. The number of nitrogens with zero attached hydrogens (tertiary/aromatic N) is 1. The van der Waals surface area contributed by atoms with Gasteiger partial charge in [0.05, 0.1) is 6.10 Å². The highest BCUT2D eigenvalue weighted by atomic mass is 16.3. The molecule has 1 fully saturated rings. The molecule has 1 heterocycles. The second-order valence-corrected chi connectivity index (χ2v) is 5.82. The van der Waals surface area contributed by atoms with E-state index in [0.717, 1.165) is 0 Å². The van der Waals surface area contributed by atoms with Gasteiger partial charge in [0, 0.05) is 18.5 Å². The molecular weight excluding hydrogens is 190 g/mol. The zero-order valence-electron chi connectivity index (χ0n) is 10.4. The number of hydrogen-bond donors (Lipinski definition) is 1. The Labute approximate surface area is 92.5 Å². The molecule has 0 aromatic heterocycles. The molecule has 1 aliphatic rings. The lowest BCUT2D eigenvalue weighted by Crippen LogP contribution is -2.42. The molecule has 3 heteroatoms. The maximum Gasteiger partial charge on any atom is 0.226 e. The molecule has 1 aliphatic heterocycles. The Hall–Kier alpha value is -0.570. The second-order valence-electron chi connectivity index (χ2n) is 5.82. The van der Waals surface area contributed by atoms with Crippen molar-refractivity contribution in [3.63, 3.8) is 0 Å². The SMILES string of the molecule is C[C@@H]1CC(O)CN1C(=O)[C@@H](C)C(C)(C)C. The van der Waals surface area contributed by atoms with Crippen molar-refractivity contribution < 1.29 is 9.90 Å². The molecule has 88 valence electrons. The van der Waals surface area contributed by atoms with Gasteiger partial charge in [-0.05, 0) is 18.8 Å². The third kappa shape index (κ3) is 2.71. The van der Waals surface area contributed by atoms with Gasteiger partial charge in [-0.15, -0.1) is 0 Å². The van der Waals surface area contributed by atoms with Gasteiger partial charge in [-0.25, -0.2) is 0 Å². The number of β-amino-alcohol motifs (C(OH)–C–C–N with tert-alkyl or cyclic N) is 1. The number of aliphatic hydroxyl groups is 1. The van der Waals surface area contributed by atoms with Crippen molar-refractivity contribution >= 4 is 5.91 Å². The number of rotatable bonds is 1. The van der Waals surface area contributed by atoms with Crippen LogP contribution in [-0.2, 0) is 4.79 Å². The van der Waals surface area contributed by atoms with Crippen LogP contribution in [0.4, 0.5) is 0 Å². The largest absolute Gasteiger partial charge is 0.391 e. The summed E-state index contributed by atoms with van der Waals surface area (Å²) in [6, 6.07) is 0.178. The second kappa shape index (κ2) is 4.12. The third-order valence-electron chi connectivity index (χ3n) is 3.51. The predicted octanol–water partition coefficient (Wildman–Crippen LogP) is 1.65. The van der Waals surface area contributed by atoms with E-state index >= 15 is 0 Å². The molecule has 0 bridgehead atoms. The number of amides is 1. The first-order valence-electron chi connectivity index (χ1n) is 5.72. The van der Waals surface area contributed by atoms with E-state index in [2.05, 4.69) is 20.8 Å². The molecular formula is C12H23NO2. The van der Waals surface area contributed by atoms with Crippen LogP contribution in [0.25, 0.3) is 0 Å². The molecule has 1 saturated heterocycles. The summed E-state index contributed by atoms with van der Waals surface area (Å²) in [7, 11) is 0. The summed E-state index contributed by atoms with van der Waals surface area (Å²) in [5.74, 6) is 0.178. The summed E-state index contributed by atoms with van der Waals surface area (Å²) in [5, 5.41) is 9.51. The minimum Gasteiger partial charge on any atom is -0.391 e. The fourth-order valence-corrected chi connectivity index (χ4v) is 1.93. The highest BCUT2D eigenvalue weighted by Gasteiger charge is 2.37. The molecule has 1 N–H and O–H groups in total. The van der Waals surface area contributed by atoms with Crippen LogP contribution in [0.5, 0.6) is 0 Å². The van der Waals surface area contributed by atoms with E-state index in [1.807, 2.05) is 18.7 Å². The topological polar surface area (TPSA) is 40.5 Å². The van der Waals surface area contributed by atoms with Gasteiger partial charge in [0.25, 0.3) is 0 Å². The molecule has 0 aliphatic carbocycles. The van der Waals surface area contributed by atoms with Crippen molar-refractivity contribution in [3.05, 3.63) is 0 Å². The van der Waals surface area contributed by atoms with Crippen LogP contribution in [0.3, 0.4) is 0 Å². The first-order valence-corrected chi connectivity index (χ1v) is 5.72. The third-order valence-corrected chi connectivity index (χ3v) is 3.51. The van der Waals surface area contributed by atoms with Crippen LogP contribution >= 0.6 is 0 Å². The van der Waals surface area contributed by atoms with E-state index < -0.39 is 0 Å². The summed E-state index contributed by atoms with van der Waals surface area (Å²) < 4.78 is 0. The van der Waals surface area contributed by atoms with E-state index in [1.165, 1.54) is 0 Å². The van der Waals surface area contributed by atoms with E-state index in [4.69, 9.17) is 0 Å². The van der Waals surface area contributed by atoms with Crippen LogP contribution in [0.1, 0.15) is 41.0 Å². The van der Waals surface area contributed by atoms with E-state index in [9.17, 15) is 9.90 Å². The number of carbonyl (C=O) groups excluding carboxylic acids is 1. The molecule has 15 heavy (non-hydrogen) atoms. The monoisotopic (exact) mass is 213 g/mol. The van der Waals surface area contributed by atoms with E-state index in [1.54, 1.807) is 0 Å². The lowest BCUT2D eigenvalue weighted by molar-refractivity contribution is -0.139. The van der Waals surface area contributed by atoms with Crippen molar-refractivity contribution in [2.75, 3.05) is 6.54 Å². The summed E-state index contributed by atoms with van der Waals surface area (Å²) in [6.07, 6.45) is 0.374. The Bertz CT molecular complexity index is 244. The average molecular weight is 213 g/mol. The first kappa shape index (κ1) is 12.5. The quantitative estimate of drug-likeness (QED) is 0.719. The lowest BCUT2D eigenvalue weighted by Gasteiger charge is -2.32. The Balaban J connectivity index is 2.69. The van der Waals surface area contributed by atoms with Gasteiger partial charge in [-0.3, -0.25) is 4.79 Å². The van der Waals surface area contributed by atoms with Crippen molar-refractivity contribution in [3.8, 4) is 0 Å². The van der Waals surface area contributed by atoms with Gasteiger partial charge in [0.15, 0.2) is 0 Å². The smallest absolute Gasteiger partial charge is 0.226 e. The van der Waals surface area contributed by atoms with Gasteiger partial charge in [-0.2, -0.15) is 0 Å². The maximum atomic E-state index is 12.2. The van der Waals surface area contributed by atoms with Gasteiger partial charge in [0.1, 0.15) is 0 Å². The molecule has 0 spiro atoms. The number of aliphatic hydroxyl groups excluding tert-OH is 1. The van der Waals surface area contributed by atoms with Crippen molar-refractivity contribution in [1.29, 1.82) is 0 Å². The summed E-state index contributed by atoms with van der Waals surface area (Å²) in [6.45, 7) is 10.7. The number of hydrogen-bond acceptors (Lipinski definition) is 2. The van der Waals surface area contributed by atoms with Gasteiger partial charge in [0.2, 0.25) is 5.91 Å². The standard InChI is InChI=1S/C12H23NO2/c1-8-6-10(14)7-13(8)11(15)9(2)12(3,4)5/h8-10,14H,6-7H2,1-5H3/t8-,9-,10?/m1/s1. The molecule has 0 aromatic rings. The van der Waals surface area contributed by atoms with Gasteiger partial charge >= 0.3 is 0 Å². The van der Waals surface area contributed by atoms with E-state index in [0.29, 0.717) is 13.0 Å². The van der Waals surface area contributed by atoms with Crippen molar-refractivity contribution in [1.82, 2.24) is 4.90 Å². The molecule has 1 amide bonds. The van der Waals surface area contributed by atoms with Crippen LogP contribution in [0.15, 0.2) is 0 Å². The minimum absolute atomic E-state index is 0.00486. The summed E-state index contributed by atoms with van der Waals surface area (Å²) in [5.41, 5.74) is -0.00958. The highest BCUT2D eigenvalue weighted by Crippen LogP contribution is 2.29. The van der Waals surface area contributed by atoms with Crippen LogP contribution < -0.4 is 0 Å². The van der Waals surface area contributed by atoms with E-state index in [-0.39, 0.29) is 29.4 Å². The Morgan fingerprint density at radius 3 is 2.33 bits per heavy atom. The maximum absolute atomic E-state index is 12.2. The Morgan fingerprint density at radius 1 is 1.47 bits per heavy atom. The summed E-state index contributed by atoms with van der Waals surface area (Å²) >= 11 is 0. The van der Waals surface area contributed by atoms with Crippen LogP contribution in [0.2, 0.25) is 0 Å². The number of carbonyl (C=O) groups is 1. The molecule has 0 aromatic carbocycles. The first-order chi connectivity index (χ1) is 6.73. The Morgan fingerprint density at radius 2 is 2.00 bits per heavy atom. The predicted molar refractivity (Wildman–Crippen MR) is 60.4 cm³/mol. The average Bonchev–Trinajstić information content (AvgIpc) is 2.41. The molecule has 3 nitrogen and oxygen atoms in total. The fraction of sp³-hybridized carbons (Fsp3) is 0.917. The zero-order chi connectivity index (χ0) is 11.8.